The summed E-state index contributed by atoms with van der Waals surface area (Å²) >= 11 is 6.10. The van der Waals surface area contributed by atoms with Crippen molar-refractivity contribution in [1.82, 2.24) is 14.9 Å². The molecule has 3 aromatic rings. The number of aromatic nitrogens is 2. The fraction of sp³-hybridized carbons (Fsp3) is 0.250. The summed E-state index contributed by atoms with van der Waals surface area (Å²) < 4.78 is 5.58. The van der Waals surface area contributed by atoms with E-state index in [0.29, 0.717) is 34.0 Å². The summed E-state index contributed by atoms with van der Waals surface area (Å²) in [5, 5.41) is 0.977. The zero-order chi connectivity index (χ0) is 19.4. The minimum Gasteiger partial charge on any atom is -0.482 e. The highest BCUT2D eigenvalue weighted by atomic mass is 35.5. The molecule has 1 aromatic heterocycles. The van der Waals surface area contributed by atoms with Crippen molar-refractivity contribution in [3.05, 3.63) is 69.2 Å². The Balaban J connectivity index is 1.72. The highest BCUT2D eigenvalue weighted by molar-refractivity contribution is 6.32. The molecule has 6 nitrogen and oxygen atoms in total. The number of aromatic amines is 1. The number of benzene rings is 2. The van der Waals surface area contributed by atoms with Crippen molar-refractivity contribution >= 4 is 28.4 Å². The van der Waals surface area contributed by atoms with Gasteiger partial charge in [-0.3, -0.25) is 9.59 Å². The summed E-state index contributed by atoms with van der Waals surface area (Å²) in [7, 11) is 0. The maximum absolute atomic E-state index is 12.5. The van der Waals surface area contributed by atoms with Crippen LogP contribution in [0.3, 0.4) is 0 Å². The predicted octanol–water partition coefficient (Wildman–Crippen LogP) is 3.31. The first kappa shape index (κ1) is 18.9. The summed E-state index contributed by atoms with van der Waals surface area (Å²) in [6, 6.07) is 12.5. The molecule has 0 aliphatic carbocycles. The van der Waals surface area contributed by atoms with E-state index in [-0.39, 0.29) is 24.6 Å². The van der Waals surface area contributed by atoms with Gasteiger partial charge in [-0.05, 0) is 43.7 Å². The lowest BCUT2D eigenvalue weighted by Crippen LogP contribution is -2.35. The van der Waals surface area contributed by atoms with E-state index >= 15 is 0 Å². The van der Waals surface area contributed by atoms with Crippen molar-refractivity contribution in [2.75, 3.05) is 13.2 Å². The van der Waals surface area contributed by atoms with Gasteiger partial charge in [0.2, 0.25) is 0 Å². The van der Waals surface area contributed by atoms with Crippen LogP contribution >= 0.6 is 11.6 Å². The lowest BCUT2D eigenvalue weighted by molar-refractivity contribution is -0.133. The molecule has 140 valence electrons. The van der Waals surface area contributed by atoms with Gasteiger partial charge in [-0.1, -0.05) is 29.8 Å². The largest absolute Gasteiger partial charge is 0.482 e. The van der Waals surface area contributed by atoms with Crippen molar-refractivity contribution in [2.24, 2.45) is 0 Å². The van der Waals surface area contributed by atoms with Crippen LogP contribution in [0.1, 0.15) is 18.3 Å². The molecule has 0 fully saturated rings. The number of hydrogen-bond donors (Lipinski definition) is 1. The Morgan fingerprint density at radius 1 is 1.26 bits per heavy atom. The number of H-pyrrole nitrogens is 1. The highest BCUT2D eigenvalue weighted by Gasteiger charge is 2.16. The van der Waals surface area contributed by atoms with Gasteiger partial charge in [0, 0.05) is 6.54 Å². The average molecular weight is 386 g/mol. The van der Waals surface area contributed by atoms with Gasteiger partial charge >= 0.3 is 0 Å². The topological polar surface area (TPSA) is 75.3 Å². The third-order valence-corrected chi connectivity index (χ3v) is 4.49. The first-order chi connectivity index (χ1) is 13.0. The van der Waals surface area contributed by atoms with E-state index in [0.717, 1.165) is 5.56 Å². The number of ether oxygens (including phenoxy) is 1. The van der Waals surface area contributed by atoms with Gasteiger partial charge in [-0.25, -0.2) is 4.98 Å². The first-order valence-electron chi connectivity index (χ1n) is 8.62. The van der Waals surface area contributed by atoms with Crippen LogP contribution in [0.2, 0.25) is 5.02 Å². The minimum atomic E-state index is -0.220. The second kappa shape index (κ2) is 8.22. The Labute approximate surface area is 161 Å². The molecule has 0 unspecified atom stereocenters. The first-order valence-corrected chi connectivity index (χ1v) is 9.00. The molecular formula is C20H20ClN3O3. The number of halogens is 1. The normalized spacial score (nSPS) is 10.8. The Kier molecular flexibility index (Phi) is 5.76. The summed E-state index contributed by atoms with van der Waals surface area (Å²) in [4.78, 5) is 33.5. The number of para-hydroxylation sites is 1. The van der Waals surface area contributed by atoms with Gasteiger partial charge < -0.3 is 14.6 Å². The monoisotopic (exact) mass is 385 g/mol. The van der Waals surface area contributed by atoms with Crippen molar-refractivity contribution in [1.29, 1.82) is 0 Å². The average Bonchev–Trinajstić information content (AvgIpc) is 2.66. The quantitative estimate of drug-likeness (QED) is 0.706. The number of fused-ring (bicyclic) bond motifs is 1. The number of carbonyl (C=O) groups is 1. The van der Waals surface area contributed by atoms with E-state index in [9.17, 15) is 9.59 Å². The maximum atomic E-state index is 12.5. The summed E-state index contributed by atoms with van der Waals surface area (Å²) in [5.41, 5.74) is 1.37. The van der Waals surface area contributed by atoms with Crippen LogP contribution in [0.4, 0.5) is 0 Å². The van der Waals surface area contributed by atoms with E-state index in [1.165, 1.54) is 0 Å². The van der Waals surface area contributed by atoms with Crippen LogP contribution in [0.25, 0.3) is 10.9 Å². The van der Waals surface area contributed by atoms with Gasteiger partial charge in [-0.2, -0.15) is 0 Å². The lowest BCUT2D eigenvalue weighted by atomic mass is 10.2. The molecule has 0 bridgehead atoms. The molecular weight excluding hydrogens is 366 g/mol. The molecule has 7 heteroatoms. The summed E-state index contributed by atoms with van der Waals surface area (Å²) in [5.74, 6) is 0.687. The standard InChI is InChI=1S/C20H20ClN3O3/c1-3-24(19(25)12-27-17-10-13(2)8-9-15(17)21)11-18-22-16-7-5-4-6-14(16)20(26)23-18/h4-10H,3,11-12H2,1-2H3,(H,22,23,26). The van der Waals surface area contributed by atoms with Crippen LogP contribution in [-0.2, 0) is 11.3 Å². The van der Waals surface area contributed by atoms with E-state index in [1.54, 1.807) is 35.2 Å². The van der Waals surface area contributed by atoms with E-state index in [2.05, 4.69) is 9.97 Å². The number of amides is 1. The maximum Gasteiger partial charge on any atom is 0.260 e. The molecule has 1 heterocycles. The predicted molar refractivity (Wildman–Crippen MR) is 105 cm³/mol. The van der Waals surface area contributed by atoms with Gasteiger partial charge in [0.25, 0.3) is 11.5 Å². The summed E-state index contributed by atoms with van der Waals surface area (Å²) in [6.45, 7) is 4.29. The lowest BCUT2D eigenvalue weighted by Gasteiger charge is -2.20. The molecule has 2 aromatic carbocycles. The molecule has 0 aliphatic rings. The molecule has 0 spiro atoms. The van der Waals surface area contributed by atoms with Crippen LogP contribution in [0.5, 0.6) is 5.75 Å². The minimum absolute atomic E-state index is 0.144. The number of nitrogens with one attached hydrogen (secondary N) is 1. The van der Waals surface area contributed by atoms with Crippen molar-refractivity contribution in [2.45, 2.75) is 20.4 Å². The van der Waals surface area contributed by atoms with Gasteiger partial charge in [-0.15, -0.1) is 0 Å². The van der Waals surface area contributed by atoms with Crippen LogP contribution in [0, 0.1) is 6.92 Å². The van der Waals surface area contributed by atoms with Gasteiger partial charge in [0.1, 0.15) is 11.6 Å². The number of aryl methyl sites for hydroxylation is 1. The fourth-order valence-corrected chi connectivity index (χ4v) is 2.89. The zero-order valence-corrected chi connectivity index (χ0v) is 15.9. The van der Waals surface area contributed by atoms with Crippen LogP contribution < -0.4 is 10.3 Å². The highest BCUT2D eigenvalue weighted by Crippen LogP contribution is 2.25. The van der Waals surface area contributed by atoms with Gasteiger partial charge in [0.15, 0.2) is 6.61 Å². The van der Waals surface area contributed by atoms with Crippen molar-refractivity contribution in [3.63, 3.8) is 0 Å². The number of nitrogens with zero attached hydrogens (tertiary/aromatic N) is 2. The van der Waals surface area contributed by atoms with E-state index in [1.807, 2.05) is 26.0 Å². The molecule has 3 rings (SSSR count). The Morgan fingerprint density at radius 2 is 2.04 bits per heavy atom. The van der Waals surface area contributed by atoms with E-state index in [4.69, 9.17) is 16.3 Å². The Morgan fingerprint density at radius 3 is 2.81 bits per heavy atom. The Bertz CT molecular complexity index is 1030. The molecule has 0 saturated heterocycles. The van der Waals surface area contributed by atoms with Crippen molar-refractivity contribution in [3.8, 4) is 5.75 Å². The van der Waals surface area contributed by atoms with Gasteiger partial charge in [0.05, 0.1) is 22.5 Å². The molecule has 1 N–H and O–H groups in total. The molecule has 0 saturated carbocycles. The van der Waals surface area contributed by atoms with Crippen molar-refractivity contribution < 1.29 is 9.53 Å². The number of likely N-dealkylation sites (N-methyl/N-ethyl adjacent to an activating group) is 1. The smallest absolute Gasteiger partial charge is 0.260 e. The van der Waals surface area contributed by atoms with Crippen LogP contribution in [-0.4, -0.2) is 33.9 Å². The SMILES string of the molecule is CCN(Cc1nc2ccccc2c(=O)[nH]1)C(=O)COc1cc(C)ccc1Cl. The third-order valence-electron chi connectivity index (χ3n) is 4.17. The molecule has 0 radical (unpaired) electrons. The molecule has 27 heavy (non-hydrogen) atoms. The number of carbonyl (C=O) groups excluding carboxylic acids is 1. The molecule has 0 atom stereocenters. The summed E-state index contributed by atoms with van der Waals surface area (Å²) in [6.07, 6.45) is 0. The zero-order valence-electron chi connectivity index (χ0n) is 15.2. The molecule has 1 amide bonds. The second-order valence-corrected chi connectivity index (χ2v) is 6.57. The van der Waals surface area contributed by atoms with E-state index < -0.39 is 0 Å². The Hall–Kier alpha value is -2.86. The molecule has 0 aliphatic heterocycles. The third kappa shape index (κ3) is 4.46. The number of hydrogen-bond acceptors (Lipinski definition) is 4. The second-order valence-electron chi connectivity index (χ2n) is 6.16. The van der Waals surface area contributed by atoms with Crippen LogP contribution in [0.15, 0.2) is 47.3 Å². The fourth-order valence-electron chi connectivity index (χ4n) is 2.72. The number of rotatable bonds is 6.